The first-order valence-electron chi connectivity index (χ1n) is 7.90. The minimum Gasteiger partial charge on any atom is -0.385 e. The van der Waals surface area contributed by atoms with Gasteiger partial charge in [-0.1, -0.05) is 23.8 Å². The fourth-order valence-corrected chi connectivity index (χ4v) is 2.05. The van der Waals surface area contributed by atoms with Crippen molar-refractivity contribution in [3.05, 3.63) is 47.7 Å². The minimum absolute atomic E-state index is 0.0525. The number of likely N-dealkylation sites (N-methyl/N-ethyl adjacent to an activating group) is 1. The Morgan fingerprint density at radius 1 is 1.35 bits per heavy atom. The summed E-state index contributed by atoms with van der Waals surface area (Å²) in [6.07, 6.45) is 1.80. The molecule has 2 rings (SSSR count). The fraction of sp³-hybridized carbons (Fsp3) is 0.294. The summed E-state index contributed by atoms with van der Waals surface area (Å²) >= 11 is 0. The summed E-state index contributed by atoms with van der Waals surface area (Å²) in [5.74, 6) is -1.85. The van der Waals surface area contributed by atoms with Crippen molar-refractivity contribution >= 4 is 23.5 Å². The molecule has 0 aliphatic carbocycles. The van der Waals surface area contributed by atoms with Crippen LogP contribution in [-0.2, 0) is 19.2 Å². The predicted octanol–water partition coefficient (Wildman–Crippen LogP) is 0.213. The molecule has 0 aromatic heterocycles. The van der Waals surface area contributed by atoms with E-state index in [1.807, 2.05) is 0 Å². The van der Waals surface area contributed by atoms with Gasteiger partial charge in [-0.25, -0.2) is 9.79 Å². The smallest absolute Gasteiger partial charge is 0.376 e. The maximum Gasteiger partial charge on any atom is 0.376 e. The van der Waals surface area contributed by atoms with Gasteiger partial charge in [0.2, 0.25) is 0 Å². The molecule has 0 radical (unpaired) electrons. The summed E-state index contributed by atoms with van der Waals surface area (Å²) in [6.45, 7) is 0.822. The van der Waals surface area contributed by atoms with Crippen molar-refractivity contribution in [2.75, 3.05) is 27.3 Å². The molecule has 1 aliphatic rings. The molecular formula is C17H20N4O5. The number of carbonyl (C=O) groups excluding carboxylic acids is 3. The zero-order valence-electron chi connectivity index (χ0n) is 14.5. The van der Waals surface area contributed by atoms with Gasteiger partial charge < -0.3 is 14.9 Å². The van der Waals surface area contributed by atoms with Gasteiger partial charge in [0.25, 0.3) is 11.8 Å². The van der Waals surface area contributed by atoms with Crippen molar-refractivity contribution in [3.63, 3.8) is 0 Å². The lowest BCUT2D eigenvalue weighted by atomic mass is 10.2. The number of benzene rings is 1. The Morgan fingerprint density at radius 3 is 2.69 bits per heavy atom. The third-order valence-corrected chi connectivity index (χ3v) is 3.41. The highest BCUT2D eigenvalue weighted by Crippen LogP contribution is 2.09. The molecule has 2 N–H and O–H groups in total. The number of hydrogen-bond acceptors (Lipinski definition) is 7. The van der Waals surface area contributed by atoms with Gasteiger partial charge in [-0.15, -0.1) is 0 Å². The molecule has 0 bridgehead atoms. The molecule has 1 aliphatic heterocycles. The summed E-state index contributed by atoms with van der Waals surface area (Å²) in [6, 6.07) is 8.33. The summed E-state index contributed by atoms with van der Waals surface area (Å²) in [7, 11) is 3.09. The van der Waals surface area contributed by atoms with Crippen LogP contribution in [0.3, 0.4) is 0 Å². The van der Waals surface area contributed by atoms with Gasteiger partial charge in [-0.2, -0.15) is 0 Å². The molecule has 0 atom stereocenters. The lowest BCUT2D eigenvalue weighted by Crippen LogP contribution is -2.33. The molecule has 9 nitrogen and oxygen atoms in total. The average molecular weight is 360 g/mol. The monoisotopic (exact) mass is 360 g/mol. The molecule has 0 unspecified atom stereocenters. The van der Waals surface area contributed by atoms with Gasteiger partial charge in [0.1, 0.15) is 11.4 Å². The van der Waals surface area contributed by atoms with E-state index < -0.39 is 17.8 Å². The SMILES string of the molecule is COCCCNC(=O)C(/C=C1/C(=O)ONN1C)=NC(=O)c1ccccc1. The van der Waals surface area contributed by atoms with Crippen LogP contribution in [0, 0.1) is 0 Å². The van der Waals surface area contributed by atoms with Crippen LogP contribution in [0.15, 0.2) is 47.1 Å². The summed E-state index contributed by atoms with van der Waals surface area (Å²) in [5, 5.41) is 3.92. The third kappa shape index (κ3) is 5.23. The normalized spacial score (nSPS) is 15.9. The van der Waals surface area contributed by atoms with Crippen LogP contribution in [-0.4, -0.2) is 55.8 Å². The van der Waals surface area contributed by atoms with E-state index in [-0.39, 0.29) is 11.4 Å². The molecule has 1 aromatic rings. The van der Waals surface area contributed by atoms with Gasteiger partial charge in [-0.3, -0.25) is 14.6 Å². The topological polar surface area (TPSA) is 109 Å². The first-order chi connectivity index (χ1) is 12.5. The van der Waals surface area contributed by atoms with Crippen molar-refractivity contribution in [3.8, 4) is 0 Å². The molecule has 1 saturated heterocycles. The minimum atomic E-state index is -0.681. The first-order valence-corrected chi connectivity index (χ1v) is 7.90. The van der Waals surface area contributed by atoms with Gasteiger partial charge in [0.15, 0.2) is 0 Å². The molecule has 9 heteroatoms. The quantitative estimate of drug-likeness (QED) is 0.406. The molecule has 2 amide bonds. The summed E-state index contributed by atoms with van der Waals surface area (Å²) < 4.78 is 4.92. The molecule has 1 fully saturated rings. The lowest BCUT2D eigenvalue weighted by Gasteiger charge is -2.08. The maximum atomic E-state index is 12.4. The third-order valence-electron chi connectivity index (χ3n) is 3.41. The number of aliphatic imine (C=N–C) groups is 1. The number of hydrazine groups is 1. The molecule has 0 saturated carbocycles. The van der Waals surface area contributed by atoms with Crippen molar-refractivity contribution in [2.24, 2.45) is 4.99 Å². The number of nitrogens with one attached hydrogen (secondary N) is 2. The molecule has 138 valence electrons. The van der Waals surface area contributed by atoms with E-state index in [1.165, 1.54) is 18.1 Å². The number of methoxy groups -OCH3 is 1. The van der Waals surface area contributed by atoms with Crippen LogP contribution < -0.4 is 10.9 Å². The zero-order valence-corrected chi connectivity index (χ0v) is 14.5. The van der Waals surface area contributed by atoms with E-state index in [4.69, 9.17) is 4.74 Å². The summed E-state index contributed by atoms with van der Waals surface area (Å²) in [4.78, 5) is 44.9. The lowest BCUT2D eigenvalue weighted by molar-refractivity contribution is -0.142. The van der Waals surface area contributed by atoms with E-state index in [9.17, 15) is 14.4 Å². The van der Waals surface area contributed by atoms with Crippen LogP contribution in [0.1, 0.15) is 16.8 Å². The van der Waals surface area contributed by atoms with Crippen LogP contribution in [0.5, 0.6) is 0 Å². The number of hydrogen-bond donors (Lipinski definition) is 2. The fourth-order valence-electron chi connectivity index (χ4n) is 2.05. The molecular weight excluding hydrogens is 340 g/mol. The van der Waals surface area contributed by atoms with E-state index in [0.717, 1.165) is 0 Å². The predicted molar refractivity (Wildman–Crippen MR) is 92.8 cm³/mol. The van der Waals surface area contributed by atoms with Gasteiger partial charge in [0.05, 0.1) is 0 Å². The molecule has 1 aromatic carbocycles. The second-order valence-corrected chi connectivity index (χ2v) is 5.34. The number of nitrogens with zero attached hydrogens (tertiary/aromatic N) is 2. The van der Waals surface area contributed by atoms with Gasteiger partial charge >= 0.3 is 5.97 Å². The second kappa shape index (κ2) is 9.44. The highest BCUT2D eigenvalue weighted by atomic mass is 16.7. The Balaban J connectivity index is 2.25. The summed E-state index contributed by atoms with van der Waals surface area (Å²) in [5.41, 5.74) is 2.52. The Hall–Kier alpha value is -3.04. The van der Waals surface area contributed by atoms with Crippen molar-refractivity contribution < 1.29 is 24.0 Å². The van der Waals surface area contributed by atoms with Crippen LogP contribution in [0.25, 0.3) is 0 Å². The number of carbonyl (C=O) groups is 3. The average Bonchev–Trinajstić information content (AvgIpc) is 2.97. The molecule has 0 spiro atoms. The highest BCUT2D eigenvalue weighted by Gasteiger charge is 2.26. The van der Waals surface area contributed by atoms with Crippen LogP contribution in [0.4, 0.5) is 0 Å². The van der Waals surface area contributed by atoms with Crippen molar-refractivity contribution in [2.45, 2.75) is 6.42 Å². The zero-order chi connectivity index (χ0) is 18.9. The number of amides is 2. The molecule has 1 heterocycles. The first kappa shape index (κ1) is 19.3. The highest BCUT2D eigenvalue weighted by molar-refractivity contribution is 6.45. The van der Waals surface area contributed by atoms with Crippen molar-refractivity contribution in [1.82, 2.24) is 15.9 Å². The Morgan fingerprint density at radius 2 is 2.08 bits per heavy atom. The van der Waals surface area contributed by atoms with Crippen LogP contribution in [0.2, 0.25) is 0 Å². The Bertz CT molecular complexity index is 730. The Kier molecular flexibility index (Phi) is 7.01. The van der Waals surface area contributed by atoms with E-state index in [1.54, 1.807) is 37.4 Å². The molecule has 26 heavy (non-hydrogen) atoms. The standard InChI is InChI=1S/C17H20N4O5/c1-21-14(17(24)26-20-21)11-13(16(23)18-9-6-10-25-2)19-15(22)12-7-4-3-5-8-12/h3-5,7-8,11,20H,6,9-10H2,1-2H3,(H,18,23)/b14-11-,19-13?. The second-order valence-electron chi connectivity index (χ2n) is 5.34. The van der Waals surface area contributed by atoms with E-state index in [2.05, 4.69) is 20.7 Å². The van der Waals surface area contributed by atoms with Gasteiger partial charge in [0, 0.05) is 38.9 Å². The van der Waals surface area contributed by atoms with Crippen LogP contribution >= 0.6 is 0 Å². The Labute approximate surface area is 150 Å². The maximum absolute atomic E-state index is 12.4. The number of rotatable bonds is 7. The number of ether oxygens (including phenoxy) is 1. The largest absolute Gasteiger partial charge is 0.385 e. The van der Waals surface area contributed by atoms with Gasteiger partial charge in [-0.05, 0) is 18.6 Å². The van der Waals surface area contributed by atoms with Crippen molar-refractivity contribution in [1.29, 1.82) is 0 Å². The van der Waals surface area contributed by atoms with E-state index >= 15 is 0 Å². The van der Waals surface area contributed by atoms with E-state index in [0.29, 0.717) is 25.1 Å².